The molecule has 0 unspecified atom stereocenters. The molecule has 4 heterocycles. The summed E-state index contributed by atoms with van der Waals surface area (Å²) in [7, 11) is 0. The van der Waals surface area contributed by atoms with Crippen LogP contribution in [0.3, 0.4) is 0 Å². The molecule has 32 heavy (non-hydrogen) atoms. The van der Waals surface area contributed by atoms with Crippen LogP contribution in [0, 0.1) is 28.6 Å². The molecule has 4 fully saturated rings. The van der Waals surface area contributed by atoms with Crippen LogP contribution in [0.4, 0.5) is 0 Å². The van der Waals surface area contributed by atoms with Crippen molar-refractivity contribution in [3.8, 4) is 0 Å². The third kappa shape index (κ3) is 2.11. The number of carbonyl (C=O) groups excluding carboxylic acids is 4. The van der Waals surface area contributed by atoms with Crippen LogP contribution in [0.1, 0.15) is 41.0 Å². The van der Waals surface area contributed by atoms with Crippen molar-refractivity contribution < 1.29 is 38.1 Å². The van der Waals surface area contributed by atoms with Crippen molar-refractivity contribution in [3.63, 3.8) is 0 Å². The first-order valence-electron chi connectivity index (χ1n) is 11.1. The van der Waals surface area contributed by atoms with E-state index in [0.717, 1.165) is 0 Å². The maximum absolute atomic E-state index is 14.0. The lowest BCUT2D eigenvalue weighted by Gasteiger charge is -2.56. The van der Waals surface area contributed by atoms with Crippen molar-refractivity contribution >= 4 is 23.5 Å². The SMILES string of the molecule is C[C@@H]1O[C@@H]2OC(=O)[C@]3(C)C[C@H]4[C@](C)(C(=O)C=C5C(=CC(=O)OC5(C)C)[C@@]45CO5)[C@H](C1=O)[C@H]23. The molecular weight excluding hydrogens is 416 g/mol. The smallest absolute Gasteiger partial charge is 0.332 e. The van der Waals surface area contributed by atoms with Crippen LogP contribution in [0.15, 0.2) is 23.3 Å². The fraction of sp³-hybridized carbons (Fsp3) is 0.667. The number of hydrogen-bond acceptors (Lipinski definition) is 8. The standard InChI is InChI=1S/C24H26O8/c1-10-18(27)16-17-19(30-10)31-20(28)22(17,4)8-13-23(16,5)14(25)6-11-12(24(13)9-29-24)7-15(26)32-21(11,2)3/h6-7,10,13,16-17,19H,8-9H2,1-5H3/t10-,13-,16-,17+,19+,22+,23+,24-/m0/s1. The topological polar surface area (TPSA) is 108 Å². The van der Waals surface area contributed by atoms with Gasteiger partial charge in [-0.05, 0) is 40.2 Å². The summed E-state index contributed by atoms with van der Waals surface area (Å²) in [6.07, 6.45) is 1.58. The van der Waals surface area contributed by atoms with E-state index >= 15 is 0 Å². The summed E-state index contributed by atoms with van der Waals surface area (Å²) in [5.74, 6) is -3.14. The van der Waals surface area contributed by atoms with Gasteiger partial charge in [0.25, 0.3) is 0 Å². The Kier molecular flexibility index (Phi) is 3.55. The molecule has 0 radical (unpaired) electrons. The van der Waals surface area contributed by atoms with E-state index in [-0.39, 0.29) is 11.6 Å². The second-order valence-electron chi connectivity index (χ2n) is 11.0. The van der Waals surface area contributed by atoms with Gasteiger partial charge in [0.2, 0.25) is 6.29 Å². The van der Waals surface area contributed by atoms with Gasteiger partial charge in [-0.25, -0.2) is 4.79 Å². The van der Waals surface area contributed by atoms with Crippen LogP contribution in [-0.2, 0) is 38.1 Å². The predicted octanol–water partition coefficient (Wildman–Crippen LogP) is 1.66. The molecule has 0 N–H and O–H groups in total. The van der Waals surface area contributed by atoms with Gasteiger partial charge in [-0.2, -0.15) is 0 Å². The second kappa shape index (κ2) is 5.59. The Hall–Kier alpha value is -2.32. The average Bonchev–Trinajstić information content (AvgIpc) is 3.45. The van der Waals surface area contributed by atoms with Gasteiger partial charge in [0.1, 0.15) is 17.3 Å². The summed E-state index contributed by atoms with van der Waals surface area (Å²) in [6, 6.07) is 0. The lowest BCUT2D eigenvalue weighted by Crippen LogP contribution is -2.65. The minimum absolute atomic E-state index is 0.198. The zero-order chi connectivity index (χ0) is 23.0. The lowest BCUT2D eigenvalue weighted by molar-refractivity contribution is -0.221. The fourth-order valence-corrected chi connectivity index (χ4v) is 7.17. The fourth-order valence-electron chi connectivity index (χ4n) is 7.17. The van der Waals surface area contributed by atoms with Gasteiger partial charge in [0.05, 0.1) is 12.0 Å². The molecule has 8 atom stereocenters. The molecule has 6 aliphatic rings. The Bertz CT molecular complexity index is 1080. The lowest BCUT2D eigenvalue weighted by atomic mass is 9.45. The Morgan fingerprint density at radius 1 is 1.00 bits per heavy atom. The molecule has 0 aromatic heterocycles. The molecule has 6 rings (SSSR count). The monoisotopic (exact) mass is 442 g/mol. The zero-order valence-electron chi connectivity index (χ0n) is 18.7. The van der Waals surface area contributed by atoms with Crippen LogP contribution < -0.4 is 0 Å². The summed E-state index contributed by atoms with van der Waals surface area (Å²) < 4.78 is 23.0. The third-order valence-electron chi connectivity index (χ3n) is 8.96. The maximum Gasteiger partial charge on any atom is 0.332 e. The highest BCUT2D eigenvalue weighted by molar-refractivity contribution is 6.04. The van der Waals surface area contributed by atoms with Crippen molar-refractivity contribution in [1.29, 1.82) is 0 Å². The summed E-state index contributed by atoms with van der Waals surface area (Å²) >= 11 is 0. The molecule has 1 saturated carbocycles. The molecule has 170 valence electrons. The van der Waals surface area contributed by atoms with Gasteiger partial charge < -0.3 is 18.9 Å². The summed E-state index contributed by atoms with van der Waals surface area (Å²) in [5, 5.41) is 0. The number of allylic oxidation sites excluding steroid dienone is 1. The Labute approximate surface area is 185 Å². The molecule has 0 bridgehead atoms. The van der Waals surface area contributed by atoms with Crippen LogP contribution in [0.5, 0.6) is 0 Å². The summed E-state index contributed by atoms with van der Waals surface area (Å²) in [6.45, 7) is 9.04. The van der Waals surface area contributed by atoms with Gasteiger partial charge >= 0.3 is 11.9 Å². The molecule has 4 aliphatic heterocycles. The van der Waals surface area contributed by atoms with Gasteiger partial charge in [0, 0.05) is 40.4 Å². The highest BCUT2D eigenvalue weighted by Gasteiger charge is 2.77. The van der Waals surface area contributed by atoms with Gasteiger partial charge in [0.15, 0.2) is 11.6 Å². The van der Waals surface area contributed by atoms with E-state index in [1.165, 1.54) is 12.2 Å². The Balaban J connectivity index is 1.62. The number of epoxide rings is 1. The van der Waals surface area contributed by atoms with Crippen molar-refractivity contribution in [2.45, 2.75) is 64.6 Å². The number of ketones is 2. The summed E-state index contributed by atoms with van der Waals surface area (Å²) in [4.78, 5) is 53.1. The van der Waals surface area contributed by atoms with E-state index in [2.05, 4.69) is 0 Å². The third-order valence-corrected chi connectivity index (χ3v) is 8.96. The first-order chi connectivity index (χ1) is 14.9. The Morgan fingerprint density at radius 3 is 2.34 bits per heavy atom. The number of cyclic esters (lactones) is 1. The van der Waals surface area contributed by atoms with E-state index in [0.29, 0.717) is 24.2 Å². The molecule has 8 nitrogen and oxygen atoms in total. The minimum atomic E-state index is -1.15. The Morgan fingerprint density at radius 2 is 1.69 bits per heavy atom. The van der Waals surface area contributed by atoms with E-state index in [9.17, 15) is 19.2 Å². The highest BCUT2D eigenvalue weighted by atomic mass is 16.7. The van der Waals surface area contributed by atoms with Crippen molar-refractivity contribution in [1.82, 2.24) is 0 Å². The molecule has 0 amide bonds. The molecule has 8 heteroatoms. The number of rotatable bonds is 0. The largest absolute Gasteiger partial charge is 0.452 e. The van der Waals surface area contributed by atoms with Crippen LogP contribution in [0.25, 0.3) is 0 Å². The van der Waals surface area contributed by atoms with E-state index in [1.807, 2.05) is 6.92 Å². The van der Waals surface area contributed by atoms with E-state index in [4.69, 9.17) is 18.9 Å². The quantitative estimate of drug-likeness (QED) is 0.412. The number of carbonyl (C=O) groups is 4. The van der Waals surface area contributed by atoms with E-state index in [1.54, 1.807) is 27.7 Å². The molecule has 0 aromatic carbocycles. The van der Waals surface area contributed by atoms with Crippen molar-refractivity contribution in [2.75, 3.05) is 6.61 Å². The predicted molar refractivity (Wildman–Crippen MR) is 107 cm³/mol. The van der Waals surface area contributed by atoms with Crippen molar-refractivity contribution in [2.24, 2.45) is 28.6 Å². The number of esters is 2. The van der Waals surface area contributed by atoms with E-state index < -0.39 is 64.1 Å². The van der Waals surface area contributed by atoms with Gasteiger partial charge in [-0.1, -0.05) is 6.92 Å². The molecular formula is C24H26O8. The number of ether oxygens (including phenoxy) is 4. The van der Waals surface area contributed by atoms with Crippen molar-refractivity contribution in [3.05, 3.63) is 23.3 Å². The normalized spacial score (nSPS) is 50.3. The first-order valence-corrected chi connectivity index (χ1v) is 11.1. The number of hydrogen-bond donors (Lipinski definition) is 0. The highest BCUT2D eigenvalue weighted by Crippen LogP contribution is 2.69. The average molecular weight is 442 g/mol. The van der Waals surface area contributed by atoms with Gasteiger partial charge in [-0.3, -0.25) is 14.4 Å². The molecule has 0 aromatic rings. The molecule has 1 spiro atoms. The first kappa shape index (κ1) is 20.3. The van der Waals surface area contributed by atoms with Crippen LogP contribution in [0.2, 0.25) is 0 Å². The van der Waals surface area contributed by atoms with Crippen LogP contribution in [-0.4, -0.2) is 53.7 Å². The summed E-state index contributed by atoms with van der Waals surface area (Å²) in [5.41, 5.74) is -2.88. The number of fused-ring (bicyclic) bond motifs is 5. The minimum Gasteiger partial charge on any atom is -0.452 e. The zero-order valence-corrected chi connectivity index (χ0v) is 18.7. The maximum atomic E-state index is 14.0. The second-order valence-corrected chi connectivity index (χ2v) is 11.0. The van der Waals surface area contributed by atoms with Gasteiger partial charge in [-0.15, -0.1) is 0 Å². The van der Waals surface area contributed by atoms with Crippen LogP contribution >= 0.6 is 0 Å². The molecule has 3 saturated heterocycles. The molecule has 2 aliphatic carbocycles. The number of Topliss-reactive ketones (excluding diaryl/α,β-unsaturated/α-hetero) is 1.